The Hall–Kier alpha value is -2.63. The van der Waals surface area contributed by atoms with E-state index in [9.17, 15) is 4.79 Å². The number of nitrogens with zero attached hydrogens (tertiary/aromatic N) is 2. The van der Waals surface area contributed by atoms with Crippen molar-refractivity contribution in [2.75, 3.05) is 14.2 Å². The molecule has 0 aliphatic carbocycles. The van der Waals surface area contributed by atoms with E-state index in [1.54, 1.807) is 7.11 Å². The quantitative estimate of drug-likeness (QED) is 0.775. The summed E-state index contributed by atoms with van der Waals surface area (Å²) in [6.07, 6.45) is 2.86. The molecule has 1 aromatic heterocycles. The first-order chi connectivity index (χ1) is 9.74. The molecule has 0 saturated carbocycles. The third-order valence-electron chi connectivity index (χ3n) is 2.58. The molecule has 1 heterocycles. The van der Waals surface area contributed by atoms with Crippen molar-refractivity contribution in [2.24, 2.45) is 0 Å². The average Bonchev–Trinajstić information content (AvgIpc) is 2.53. The molecule has 0 spiro atoms. The van der Waals surface area contributed by atoms with Crippen molar-refractivity contribution >= 4 is 5.97 Å². The molecular weight excluding hydrogens is 260 g/mol. The number of hydrogen-bond donors (Lipinski definition) is 0. The van der Waals surface area contributed by atoms with Gasteiger partial charge in [-0.25, -0.2) is 14.8 Å². The zero-order chi connectivity index (χ0) is 14.4. The number of ether oxygens (including phenoxy) is 3. The van der Waals surface area contributed by atoms with Crippen LogP contribution in [0.5, 0.6) is 11.6 Å². The third kappa shape index (κ3) is 3.23. The number of rotatable bonds is 5. The number of esters is 1. The van der Waals surface area contributed by atoms with Gasteiger partial charge in [0.1, 0.15) is 12.4 Å². The Morgan fingerprint density at radius 3 is 2.45 bits per heavy atom. The van der Waals surface area contributed by atoms with Gasteiger partial charge in [0.15, 0.2) is 0 Å². The summed E-state index contributed by atoms with van der Waals surface area (Å²) in [6.45, 7) is 0.271. The van der Waals surface area contributed by atoms with Gasteiger partial charge in [0.05, 0.1) is 14.2 Å². The van der Waals surface area contributed by atoms with E-state index < -0.39 is 5.97 Å². The van der Waals surface area contributed by atoms with Gasteiger partial charge < -0.3 is 14.2 Å². The molecule has 2 aromatic rings. The summed E-state index contributed by atoms with van der Waals surface area (Å²) in [5, 5.41) is 0. The molecule has 6 nitrogen and oxygen atoms in total. The number of aromatic nitrogens is 2. The average molecular weight is 274 g/mol. The van der Waals surface area contributed by atoms with E-state index in [4.69, 9.17) is 9.47 Å². The lowest BCUT2D eigenvalue weighted by atomic mass is 10.2. The van der Waals surface area contributed by atoms with Gasteiger partial charge in [0.25, 0.3) is 0 Å². The molecule has 1 aromatic carbocycles. The van der Waals surface area contributed by atoms with Crippen molar-refractivity contribution in [2.45, 2.75) is 6.61 Å². The van der Waals surface area contributed by atoms with Crippen molar-refractivity contribution in [1.82, 2.24) is 9.97 Å². The van der Waals surface area contributed by atoms with Crippen molar-refractivity contribution < 1.29 is 19.0 Å². The van der Waals surface area contributed by atoms with Crippen molar-refractivity contribution in [3.05, 3.63) is 47.9 Å². The fourth-order valence-corrected chi connectivity index (χ4v) is 1.54. The number of methoxy groups -OCH3 is 2. The summed E-state index contributed by atoms with van der Waals surface area (Å²) in [5.74, 6) is 0.335. The molecule has 0 bridgehead atoms. The zero-order valence-electron chi connectivity index (χ0n) is 11.2. The van der Waals surface area contributed by atoms with Gasteiger partial charge in [-0.05, 0) is 17.7 Å². The Labute approximate surface area is 116 Å². The van der Waals surface area contributed by atoms with Crippen molar-refractivity contribution in [3.8, 4) is 11.6 Å². The standard InChI is InChI=1S/C14H14N2O4/c1-18-11-5-3-10(4-6-11)9-20-13-12(14(17)19-2)15-7-8-16-13/h3-8H,9H2,1-2H3. The molecule has 2 rings (SSSR count). The fourth-order valence-electron chi connectivity index (χ4n) is 1.54. The van der Waals surface area contributed by atoms with Crippen LogP contribution in [0.2, 0.25) is 0 Å². The summed E-state index contributed by atoms with van der Waals surface area (Å²) in [5.41, 5.74) is 0.982. The Kier molecular flexibility index (Phi) is 4.49. The van der Waals surface area contributed by atoms with Gasteiger partial charge in [0.2, 0.25) is 11.6 Å². The minimum absolute atomic E-state index is 0.0588. The van der Waals surface area contributed by atoms with E-state index in [1.807, 2.05) is 24.3 Å². The monoisotopic (exact) mass is 274 g/mol. The van der Waals surface area contributed by atoms with Gasteiger partial charge in [-0.2, -0.15) is 0 Å². The van der Waals surface area contributed by atoms with E-state index in [-0.39, 0.29) is 18.2 Å². The second-order valence-corrected chi connectivity index (χ2v) is 3.84. The Morgan fingerprint density at radius 2 is 1.80 bits per heavy atom. The van der Waals surface area contributed by atoms with Crippen LogP contribution in [0.15, 0.2) is 36.7 Å². The first-order valence-electron chi connectivity index (χ1n) is 5.89. The first-order valence-corrected chi connectivity index (χ1v) is 5.89. The molecule has 0 aliphatic heterocycles. The van der Waals surface area contributed by atoms with Crippen LogP contribution in [-0.2, 0) is 11.3 Å². The molecule has 20 heavy (non-hydrogen) atoms. The number of benzene rings is 1. The van der Waals surface area contributed by atoms with Gasteiger partial charge in [-0.1, -0.05) is 12.1 Å². The van der Waals surface area contributed by atoms with Crippen LogP contribution in [0.1, 0.15) is 16.1 Å². The first kappa shape index (κ1) is 13.8. The predicted molar refractivity (Wildman–Crippen MR) is 70.7 cm³/mol. The second kappa shape index (κ2) is 6.51. The Balaban J connectivity index is 2.08. The van der Waals surface area contributed by atoms with Crippen molar-refractivity contribution in [3.63, 3.8) is 0 Å². The lowest BCUT2D eigenvalue weighted by Crippen LogP contribution is -2.09. The maximum atomic E-state index is 11.5. The number of carbonyl (C=O) groups excluding carboxylic acids is 1. The number of hydrogen-bond acceptors (Lipinski definition) is 6. The summed E-state index contributed by atoms with van der Waals surface area (Å²) < 4.78 is 15.2. The largest absolute Gasteiger partial charge is 0.497 e. The van der Waals surface area contributed by atoms with Gasteiger partial charge in [-0.15, -0.1) is 0 Å². The maximum Gasteiger partial charge on any atom is 0.362 e. The molecular formula is C14H14N2O4. The summed E-state index contributed by atoms with van der Waals surface area (Å²) in [4.78, 5) is 19.4. The maximum absolute atomic E-state index is 11.5. The van der Waals surface area contributed by atoms with Crippen LogP contribution < -0.4 is 9.47 Å². The highest BCUT2D eigenvalue weighted by atomic mass is 16.5. The smallest absolute Gasteiger partial charge is 0.362 e. The lowest BCUT2D eigenvalue weighted by Gasteiger charge is -2.08. The summed E-state index contributed by atoms with van der Waals surface area (Å²) in [6, 6.07) is 7.40. The van der Waals surface area contributed by atoms with E-state index >= 15 is 0 Å². The Bertz CT molecular complexity index is 584. The second-order valence-electron chi connectivity index (χ2n) is 3.84. The van der Waals surface area contributed by atoms with Gasteiger partial charge in [0, 0.05) is 12.4 Å². The molecule has 0 aliphatic rings. The van der Waals surface area contributed by atoms with Crippen molar-refractivity contribution in [1.29, 1.82) is 0 Å². The molecule has 104 valence electrons. The van der Waals surface area contributed by atoms with Crippen LogP contribution in [0, 0.1) is 0 Å². The van der Waals surface area contributed by atoms with Crippen LogP contribution in [0.4, 0.5) is 0 Å². The zero-order valence-corrected chi connectivity index (χ0v) is 11.2. The normalized spacial score (nSPS) is 9.90. The van der Waals surface area contributed by atoms with E-state index in [0.29, 0.717) is 0 Å². The van der Waals surface area contributed by atoms with E-state index in [1.165, 1.54) is 19.5 Å². The van der Waals surface area contributed by atoms with Crippen LogP contribution in [0.25, 0.3) is 0 Å². The highest BCUT2D eigenvalue weighted by Gasteiger charge is 2.15. The van der Waals surface area contributed by atoms with E-state index in [2.05, 4.69) is 14.7 Å². The predicted octanol–water partition coefficient (Wildman–Crippen LogP) is 1.85. The molecule has 0 N–H and O–H groups in total. The molecule has 0 fully saturated rings. The van der Waals surface area contributed by atoms with Gasteiger partial charge in [-0.3, -0.25) is 0 Å². The third-order valence-corrected chi connectivity index (χ3v) is 2.58. The topological polar surface area (TPSA) is 70.5 Å². The van der Waals surface area contributed by atoms with Gasteiger partial charge >= 0.3 is 5.97 Å². The molecule has 0 atom stereocenters. The minimum Gasteiger partial charge on any atom is -0.497 e. The van der Waals surface area contributed by atoms with Crippen LogP contribution >= 0.6 is 0 Å². The lowest BCUT2D eigenvalue weighted by molar-refractivity contribution is 0.0587. The van der Waals surface area contributed by atoms with Crippen LogP contribution in [-0.4, -0.2) is 30.2 Å². The Morgan fingerprint density at radius 1 is 1.10 bits per heavy atom. The molecule has 6 heteroatoms. The molecule has 0 unspecified atom stereocenters. The highest BCUT2D eigenvalue weighted by molar-refractivity contribution is 5.89. The summed E-state index contributed by atoms with van der Waals surface area (Å²) in [7, 11) is 2.89. The molecule has 0 radical (unpaired) electrons. The SMILES string of the molecule is COC(=O)c1nccnc1OCc1ccc(OC)cc1. The fraction of sp³-hybridized carbons (Fsp3) is 0.214. The van der Waals surface area contributed by atoms with E-state index in [0.717, 1.165) is 11.3 Å². The molecule has 0 amide bonds. The minimum atomic E-state index is -0.581. The summed E-state index contributed by atoms with van der Waals surface area (Å²) >= 11 is 0. The number of carbonyl (C=O) groups is 1. The highest BCUT2D eigenvalue weighted by Crippen LogP contribution is 2.16. The van der Waals surface area contributed by atoms with Crippen LogP contribution in [0.3, 0.4) is 0 Å². The molecule has 0 saturated heterocycles.